The lowest BCUT2D eigenvalue weighted by atomic mass is 10.2. The predicted octanol–water partition coefficient (Wildman–Crippen LogP) is 1.67. The molecule has 1 saturated heterocycles. The second kappa shape index (κ2) is 5.12. The van der Waals surface area contributed by atoms with Crippen LogP contribution in [0.4, 0.5) is 0 Å². The maximum absolute atomic E-state index is 8.89. The fraction of sp³-hybridized carbons (Fsp3) is 0.545. The second-order valence-corrected chi connectivity index (χ2v) is 5.33. The van der Waals surface area contributed by atoms with Crippen LogP contribution in [0.2, 0.25) is 0 Å². The third-order valence-electron chi connectivity index (χ3n) is 2.72. The molecule has 1 unspecified atom stereocenters. The Hall–Kier alpha value is -0.650. The van der Waals surface area contributed by atoms with Crippen molar-refractivity contribution in [2.45, 2.75) is 19.4 Å². The summed E-state index contributed by atoms with van der Waals surface area (Å²) in [4.78, 5) is 3.53. The van der Waals surface area contributed by atoms with Gasteiger partial charge < -0.3 is 15.3 Å². The second-order valence-electron chi connectivity index (χ2n) is 4.00. The van der Waals surface area contributed by atoms with E-state index in [1.807, 2.05) is 0 Å². The minimum absolute atomic E-state index is 0.218. The van der Waals surface area contributed by atoms with Gasteiger partial charge in [-0.2, -0.15) is 0 Å². The van der Waals surface area contributed by atoms with Crippen LogP contribution in [0.3, 0.4) is 0 Å². The van der Waals surface area contributed by atoms with Crippen molar-refractivity contribution in [3.63, 3.8) is 0 Å². The number of hydrogen-bond acceptors (Lipinski definition) is 3. The van der Waals surface area contributed by atoms with E-state index in [4.69, 9.17) is 17.3 Å². The molecule has 1 atom stereocenters. The topological polar surface area (TPSA) is 35.5 Å². The molecular formula is C11H16N2OS2. The maximum atomic E-state index is 8.89. The summed E-state index contributed by atoms with van der Waals surface area (Å²) in [6, 6.07) is 2.56. The van der Waals surface area contributed by atoms with Gasteiger partial charge in [0.05, 0.1) is 6.04 Å². The first kappa shape index (κ1) is 11.8. The molecule has 1 aromatic rings. The quantitative estimate of drug-likeness (QED) is 0.803. The minimum atomic E-state index is 0.218. The molecule has 0 amide bonds. The van der Waals surface area contributed by atoms with Gasteiger partial charge in [0.25, 0.3) is 0 Å². The van der Waals surface area contributed by atoms with E-state index < -0.39 is 0 Å². The normalized spacial score (nSPS) is 20.2. The molecule has 0 saturated carbocycles. The van der Waals surface area contributed by atoms with Gasteiger partial charge >= 0.3 is 0 Å². The molecule has 5 heteroatoms. The third-order valence-corrected chi connectivity index (χ3v) is 4.25. The first-order valence-electron chi connectivity index (χ1n) is 5.42. The molecule has 16 heavy (non-hydrogen) atoms. The predicted molar refractivity (Wildman–Crippen MR) is 70.8 cm³/mol. The standard InChI is InChI=1S/C11H16N2OS2/c1-8-5-10(16-7-8)9-6-12-11(15)13(9)3-2-4-14/h5,7,9,14H,2-4,6H2,1H3,(H,12,15). The summed E-state index contributed by atoms with van der Waals surface area (Å²) in [5.41, 5.74) is 1.31. The average Bonchev–Trinajstić information content (AvgIpc) is 2.82. The van der Waals surface area contributed by atoms with E-state index in [2.05, 4.69) is 28.6 Å². The number of hydrogen-bond donors (Lipinski definition) is 2. The molecule has 0 aliphatic carbocycles. The SMILES string of the molecule is Cc1csc(C2CNC(=S)N2CCCO)c1. The average molecular weight is 256 g/mol. The van der Waals surface area contributed by atoms with Crippen molar-refractivity contribution in [1.82, 2.24) is 10.2 Å². The highest BCUT2D eigenvalue weighted by atomic mass is 32.1. The zero-order valence-corrected chi connectivity index (χ0v) is 10.9. The van der Waals surface area contributed by atoms with E-state index in [1.165, 1.54) is 10.4 Å². The highest BCUT2D eigenvalue weighted by Gasteiger charge is 2.29. The molecule has 2 rings (SSSR count). The van der Waals surface area contributed by atoms with Gasteiger partial charge in [-0.05, 0) is 42.6 Å². The van der Waals surface area contributed by atoms with E-state index in [-0.39, 0.29) is 6.61 Å². The van der Waals surface area contributed by atoms with Crippen molar-refractivity contribution >= 4 is 28.7 Å². The van der Waals surface area contributed by atoms with Crippen LogP contribution in [0.15, 0.2) is 11.4 Å². The summed E-state index contributed by atoms with van der Waals surface area (Å²) < 4.78 is 0. The van der Waals surface area contributed by atoms with Gasteiger partial charge in [0.15, 0.2) is 5.11 Å². The number of thiophene rings is 1. The van der Waals surface area contributed by atoms with E-state index in [0.717, 1.165) is 24.6 Å². The third kappa shape index (κ3) is 2.36. The first-order valence-corrected chi connectivity index (χ1v) is 6.71. The molecular weight excluding hydrogens is 240 g/mol. The lowest BCUT2D eigenvalue weighted by Crippen LogP contribution is -2.30. The monoisotopic (exact) mass is 256 g/mol. The van der Waals surface area contributed by atoms with Gasteiger partial charge in [0.2, 0.25) is 0 Å². The summed E-state index contributed by atoms with van der Waals surface area (Å²) in [6.07, 6.45) is 0.767. The van der Waals surface area contributed by atoms with E-state index in [0.29, 0.717) is 6.04 Å². The van der Waals surface area contributed by atoms with Crippen LogP contribution in [0, 0.1) is 6.92 Å². The molecule has 2 heterocycles. The summed E-state index contributed by atoms with van der Waals surface area (Å²) in [7, 11) is 0. The van der Waals surface area contributed by atoms with Crippen LogP contribution in [0.25, 0.3) is 0 Å². The Kier molecular flexibility index (Phi) is 3.78. The van der Waals surface area contributed by atoms with Crippen molar-refractivity contribution < 1.29 is 5.11 Å². The lowest BCUT2D eigenvalue weighted by molar-refractivity contribution is 0.258. The zero-order chi connectivity index (χ0) is 11.5. The van der Waals surface area contributed by atoms with Crippen LogP contribution in [-0.2, 0) is 0 Å². The molecule has 1 aliphatic rings. The summed E-state index contributed by atoms with van der Waals surface area (Å²) in [5.74, 6) is 0. The number of rotatable bonds is 4. The summed E-state index contributed by atoms with van der Waals surface area (Å²) >= 11 is 7.06. The highest BCUT2D eigenvalue weighted by Crippen LogP contribution is 2.29. The van der Waals surface area contributed by atoms with Crippen LogP contribution >= 0.6 is 23.6 Å². The molecule has 1 fully saturated rings. The van der Waals surface area contributed by atoms with Crippen molar-refractivity contribution in [2.75, 3.05) is 19.7 Å². The van der Waals surface area contributed by atoms with Crippen LogP contribution < -0.4 is 5.32 Å². The Balaban J connectivity index is 2.11. The molecule has 0 aromatic carbocycles. The molecule has 0 radical (unpaired) electrons. The van der Waals surface area contributed by atoms with E-state index in [9.17, 15) is 0 Å². The zero-order valence-electron chi connectivity index (χ0n) is 9.27. The molecule has 2 N–H and O–H groups in total. The van der Waals surface area contributed by atoms with E-state index in [1.54, 1.807) is 11.3 Å². The first-order chi connectivity index (χ1) is 7.72. The fourth-order valence-electron chi connectivity index (χ4n) is 1.92. The lowest BCUT2D eigenvalue weighted by Gasteiger charge is -2.23. The molecule has 1 aromatic heterocycles. The Morgan fingerprint density at radius 3 is 3.12 bits per heavy atom. The minimum Gasteiger partial charge on any atom is -0.396 e. The fourth-order valence-corrected chi connectivity index (χ4v) is 3.23. The van der Waals surface area contributed by atoms with Crippen LogP contribution in [0.1, 0.15) is 22.9 Å². The molecule has 88 valence electrons. The molecule has 0 bridgehead atoms. The van der Waals surface area contributed by atoms with Crippen molar-refractivity contribution in [1.29, 1.82) is 0 Å². The number of aliphatic hydroxyl groups excluding tert-OH is 1. The highest BCUT2D eigenvalue weighted by molar-refractivity contribution is 7.80. The van der Waals surface area contributed by atoms with Gasteiger partial charge in [-0.15, -0.1) is 11.3 Å². The summed E-state index contributed by atoms with van der Waals surface area (Å²) in [6.45, 7) is 4.03. The van der Waals surface area contributed by atoms with Crippen molar-refractivity contribution in [2.24, 2.45) is 0 Å². The summed E-state index contributed by atoms with van der Waals surface area (Å²) in [5, 5.41) is 15.1. The Bertz CT molecular complexity index is 378. The van der Waals surface area contributed by atoms with E-state index >= 15 is 0 Å². The Morgan fingerprint density at radius 2 is 2.50 bits per heavy atom. The number of nitrogens with zero attached hydrogens (tertiary/aromatic N) is 1. The van der Waals surface area contributed by atoms with Gasteiger partial charge in [0.1, 0.15) is 0 Å². The molecule has 3 nitrogen and oxygen atoms in total. The largest absolute Gasteiger partial charge is 0.396 e. The number of thiocarbonyl (C=S) groups is 1. The van der Waals surface area contributed by atoms with Gasteiger partial charge in [0, 0.05) is 24.6 Å². The van der Waals surface area contributed by atoms with Crippen molar-refractivity contribution in [3.8, 4) is 0 Å². The maximum Gasteiger partial charge on any atom is 0.169 e. The number of aliphatic hydroxyl groups is 1. The molecule has 1 aliphatic heterocycles. The number of nitrogens with one attached hydrogen (secondary N) is 1. The van der Waals surface area contributed by atoms with Gasteiger partial charge in [-0.3, -0.25) is 0 Å². The van der Waals surface area contributed by atoms with Crippen molar-refractivity contribution in [3.05, 3.63) is 21.9 Å². The number of aryl methyl sites for hydroxylation is 1. The van der Waals surface area contributed by atoms with Gasteiger partial charge in [-0.25, -0.2) is 0 Å². The van der Waals surface area contributed by atoms with Gasteiger partial charge in [-0.1, -0.05) is 0 Å². The Morgan fingerprint density at radius 1 is 1.69 bits per heavy atom. The van der Waals surface area contributed by atoms with Crippen LogP contribution in [0.5, 0.6) is 0 Å². The van der Waals surface area contributed by atoms with Crippen LogP contribution in [-0.4, -0.2) is 34.8 Å². The Labute approximate surface area is 105 Å². The smallest absolute Gasteiger partial charge is 0.169 e. The molecule has 0 spiro atoms.